The van der Waals surface area contributed by atoms with Gasteiger partial charge in [-0.2, -0.15) is 4.31 Å². The third-order valence-electron chi connectivity index (χ3n) is 4.93. The van der Waals surface area contributed by atoms with Crippen LogP contribution in [-0.2, 0) is 23.1 Å². The Morgan fingerprint density at radius 3 is 2.12 bits per heavy atom. The van der Waals surface area contributed by atoms with Crippen LogP contribution in [0.4, 0.5) is 5.69 Å². The molecule has 0 radical (unpaired) electrons. The van der Waals surface area contributed by atoms with Crippen molar-refractivity contribution in [3.63, 3.8) is 0 Å². The number of aliphatic hydroxyl groups is 1. The molecule has 2 aromatic carbocycles. The van der Waals surface area contributed by atoms with E-state index < -0.39 is 10.0 Å². The molecular formula is C20H26N2O3S. The van der Waals surface area contributed by atoms with Gasteiger partial charge in [-0.25, -0.2) is 8.42 Å². The second kappa shape index (κ2) is 8.20. The molecule has 0 saturated carbocycles. The lowest BCUT2D eigenvalue weighted by atomic mass is 10.1. The van der Waals surface area contributed by atoms with Gasteiger partial charge in [0, 0.05) is 24.8 Å². The number of benzene rings is 2. The van der Waals surface area contributed by atoms with Gasteiger partial charge >= 0.3 is 0 Å². The van der Waals surface area contributed by atoms with Crippen molar-refractivity contribution in [2.45, 2.75) is 43.7 Å². The molecule has 1 fully saturated rings. The summed E-state index contributed by atoms with van der Waals surface area (Å²) in [6.45, 7) is 3.13. The van der Waals surface area contributed by atoms with Gasteiger partial charge in [-0.15, -0.1) is 0 Å². The Bertz CT molecular complexity index is 809. The molecule has 1 aliphatic heterocycles. The van der Waals surface area contributed by atoms with Crippen molar-refractivity contribution in [1.82, 2.24) is 4.31 Å². The molecule has 0 unspecified atom stereocenters. The molecule has 1 aliphatic rings. The summed E-state index contributed by atoms with van der Waals surface area (Å²) in [7, 11) is -3.41. The van der Waals surface area contributed by atoms with Gasteiger partial charge in [-0.3, -0.25) is 0 Å². The fraction of sp³-hybridized carbons (Fsp3) is 0.400. The van der Waals surface area contributed by atoms with Gasteiger partial charge in [0.1, 0.15) is 0 Å². The van der Waals surface area contributed by atoms with Crippen molar-refractivity contribution in [3.05, 3.63) is 59.7 Å². The maximum absolute atomic E-state index is 12.8. The van der Waals surface area contributed by atoms with Crippen LogP contribution in [0.15, 0.2) is 53.4 Å². The molecule has 0 aromatic heterocycles. The Balaban J connectivity index is 1.59. The maximum atomic E-state index is 12.8. The van der Waals surface area contributed by atoms with Gasteiger partial charge in [0.2, 0.25) is 10.0 Å². The summed E-state index contributed by atoms with van der Waals surface area (Å²) in [5.74, 6) is 0. The fourth-order valence-electron chi connectivity index (χ4n) is 3.23. The maximum Gasteiger partial charge on any atom is 0.243 e. The third-order valence-corrected chi connectivity index (χ3v) is 6.84. The van der Waals surface area contributed by atoms with E-state index in [1.165, 1.54) is 0 Å². The summed E-state index contributed by atoms with van der Waals surface area (Å²) in [6, 6.07) is 15.1. The van der Waals surface area contributed by atoms with Crippen LogP contribution in [0.3, 0.4) is 0 Å². The van der Waals surface area contributed by atoms with Crippen LogP contribution in [0.25, 0.3) is 0 Å². The smallest absolute Gasteiger partial charge is 0.243 e. The summed E-state index contributed by atoms with van der Waals surface area (Å²) >= 11 is 0. The SMILES string of the molecule is CCc1ccc(S(=O)(=O)N2CCC(Nc3ccc(CO)cc3)CC2)cc1. The summed E-state index contributed by atoms with van der Waals surface area (Å²) in [5, 5.41) is 12.6. The molecule has 3 rings (SSSR count). The predicted molar refractivity (Wildman–Crippen MR) is 104 cm³/mol. The topological polar surface area (TPSA) is 69.6 Å². The number of hydrogen-bond acceptors (Lipinski definition) is 4. The number of nitrogens with one attached hydrogen (secondary N) is 1. The minimum atomic E-state index is -3.41. The summed E-state index contributed by atoms with van der Waals surface area (Å²) in [6.07, 6.45) is 2.44. The van der Waals surface area contributed by atoms with E-state index in [4.69, 9.17) is 5.11 Å². The molecule has 0 spiro atoms. The lowest BCUT2D eigenvalue weighted by molar-refractivity contribution is 0.282. The van der Waals surface area contributed by atoms with E-state index in [1.807, 2.05) is 36.4 Å². The molecule has 0 bridgehead atoms. The first kappa shape index (κ1) is 18.9. The average Bonchev–Trinajstić information content (AvgIpc) is 2.69. The van der Waals surface area contributed by atoms with E-state index in [-0.39, 0.29) is 12.6 Å². The zero-order valence-corrected chi connectivity index (χ0v) is 15.9. The van der Waals surface area contributed by atoms with Crippen LogP contribution < -0.4 is 5.32 Å². The molecule has 2 N–H and O–H groups in total. The molecule has 2 aromatic rings. The lowest BCUT2D eigenvalue weighted by Crippen LogP contribution is -2.42. The highest BCUT2D eigenvalue weighted by Gasteiger charge is 2.29. The molecule has 6 heteroatoms. The summed E-state index contributed by atoms with van der Waals surface area (Å²) in [4.78, 5) is 0.376. The van der Waals surface area contributed by atoms with Crippen LogP contribution in [0, 0.1) is 0 Å². The average molecular weight is 375 g/mol. The number of aliphatic hydroxyl groups excluding tert-OH is 1. The van der Waals surface area contributed by atoms with Gasteiger partial charge < -0.3 is 10.4 Å². The van der Waals surface area contributed by atoms with Crippen molar-refractivity contribution >= 4 is 15.7 Å². The van der Waals surface area contributed by atoms with Gasteiger partial charge in [-0.1, -0.05) is 31.2 Å². The normalized spacial score (nSPS) is 16.5. The van der Waals surface area contributed by atoms with Gasteiger partial charge in [0.05, 0.1) is 11.5 Å². The van der Waals surface area contributed by atoms with Crippen LogP contribution in [0.2, 0.25) is 0 Å². The molecule has 0 amide bonds. The van der Waals surface area contributed by atoms with Crippen molar-refractivity contribution in [2.24, 2.45) is 0 Å². The Labute approximate surface area is 155 Å². The minimum absolute atomic E-state index is 0.0375. The molecular weight excluding hydrogens is 348 g/mol. The number of hydrogen-bond donors (Lipinski definition) is 2. The molecule has 0 atom stereocenters. The standard InChI is InChI=1S/C20H26N2O3S/c1-2-16-5-9-20(10-6-16)26(24,25)22-13-11-19(12-14-22)21-18-7-3-17(15-23)4-8-18/h3-10,19,21,23H,2,11-15H2,1H3. The first-order valence-corrected chi connectivity index (χ1v) is 10.5. The highest BCUT2D eigenvalue weighted by Crippen LogP contribution is 2.23. The Hall–Kier alpha value is -1.89. The van der Waals surface area contributed by atoms with E-state index >= 15 is 0 Å². The van der Waals surface area contributed by atoms with Crippen molar-refractivity contribution < 1.29 is 13.5 Å². The number of aryl methyl sites for hydroxylation is 1. The Kier molecular flexibility index (Phi) is 5.96. The monoisotopic (exact) mass is 374 g/mol. The van der Waals surface area contributed by atoms with Crippen molar-refractivity contribution in [1.29, 1.82) is 0 Å². The second-order valence-electron chi connectivity index (χ2n) is 6.68. The Morgan fingerprint density at radius 1 is 1.00 bits per heavy atom. The number of sulfonamides is 1. The quantitative estimate of drug-likeness (QED) is 0.815. The number of anilines is 1. The largest absolute Gasteiger partial charge is 0.392 e. The van der Waals surface area contributed by atoms with E-state index in [9.17, 15) is 8.42 Å². The van der Waals surface area contributed by atoms with Crippen LogP contribution in [0.5, 0.6) is 0 Å². The number of piperidine rings is 1. The second-order valence-corrected chi connectivity index (χ2v) is 8.61. The van der Waals surface area contributed by atoms with Crippen LogP contribution >= 0.6 is 0 Å². The molecule has 1 heterocycles. The predicted octanol–water partition coefficient (Wildman–Crippen LogP) is 3.01. The zero-order valence-electron chi connectivity index (χ0n) is 15.1. The minimum Gasteiger partial charge on any atom is -0.392 e. The molecule has 26 heavy (non-hydrogen) atoms. The fourth-order valence-corrected chi connectivity index (χ4v) is 4.70. The highest BCUT2D eigenvalue weighted by atomic mass is 32.2. The molecule has 140 valence electrons. The molecule has 1 saturated heterocycles. The van der Waals surface area contributed by atoms with Gasteiger partial charge in [0.15, 0.2) is 0 Å². The third kappa shape index (κ3) is 4.26. The van der Waals surface area contributed by atoms with Gasteiger partial charge in [0.25, 0.3) is 0 Å². The van der Waals surface area contributed by atoms with E-state index in [2.05, 4.69) is 12.2 Å². The summed E-state index contributed by atoms with van der Waals surface area (Å²) in [5.41, 5.74) is 3.02. The zero-order chi connectivity index (χ0) is 18.6. The van der Waals surface area contributed by atoms with Crippen LogP contribution in [-0.4, -0.2) is 37.0 Å². The number of nitrogens with zero attached hydrogens (tertiary/aromatic N) is 1. The van der Waals surface area contributed by atoms with Crippen molar-refractivity contribution in [2.75, 3.05) is 18.4 Å². The highest BCUT2D eigenvalue weighted by molar-refractivity contribution is 7.89. The van der Waals surface area contributed by atoms with Crippen molar-refractivity contribution in [3.8, 4) is 0 Å². The first-order chi connectivity index (χ1) is 12.5. The Morgan fingerprint density at radius 2 is 1.58 bits per heavy atom. The van der Waals surface area contributed by atoms with E-state index in [0.717, 1.165) is 36.1 Å². The van der Waals surface area contributed by atoms with E-state index in [0.29, 0.717) is 18.0 Å². The summed E-state index contributed by atoms with van der Waals surface area (Å²) < 4.78 is 27.2. The number of rotatable bonds is 6. The van der Waals surface area contributed by atoms with Gasteiger partial charge in [-0.05, 0) is 54.7 Å². The molecule has 5 nitrogen and oxygen atoms in total. The molecule has 0 aliphatic carbocycles. The first-order valence-electron chi connectivity index (χ1n) is 9.08. The van der Waals surface area contributed by atoms with E-state index in [1.54, 1.807) is 16.4 Å². The lowest BCUT2D eigenvalue weighted by Gasteiger charge is -2.32. The van der Waals surface area contributed by atoms with Crippen LogP contribution in [0.1, 0.15) is 30.9 Å².